The van der Waals surface area contributed by atoms with Crippen LogP contribution in [0.2, 0.25) is 0 Å². The molecule has 0 heterocycles. The second kappa shape index (κ2) is 5.13. The quantitative estimate of drug-likeness (QED) is 0.610. The van der Waals surface area contributed by atoms with E-state index in [2.05, 4.69) is 0 Å². The zero-order chi connectivity index (χ0) is 8.85. The van der Waals surface area contributed by atoms with Crippen molar-refractivity contribution in [1.82, 2.24) is 0 Å². The minimum atomic E-state index is -1.01. The Balaban J connectivity index is 3.61. The fourth-order valence-electron chi connectivity index (χ4n) is 0.931. The van der Waals surface area contributed by atoms with Crippen LogP contribution in [0.1, 0.15) is 33.1 Å². The van der Waals surface area contributed by atoms with Gasteiger partial charge in [-0.15, -0.1) is 0 Å². The molecule has 0 spiro atoms. The fraction of sp³-hybridized carbons (Fsp3) is 0.875. The van der Waals surface area contributed by atoms with Crippen LogP contribution in [0.5, 0.6) is 0 Å². The van der Waals surface area contributed by atoms with Crippen molar-refractivity contribution in [2.75, 3.05) is 0 Å². The lowest BCUT2D eigenvalue weighted by Crippen LogP contribution is -2.31. The maximum absolute atomic E-state index is 10.4. The molecular formula is C8H15O3-. The van der Waals surface area contributed by atoms with Gasteiger partial charge >= 0.3 is 0 Å². The molecule has 0 amide bonds. The van der Waals surface area contributed by atoms with Crippen molar-refractivity contribution in [3.05, 3.63) is 0 Å². The van der Waals surface area contributed by atoms with Crippen molar-refractivity contribution in [2.24, 2.45) is 5.92 Å². The zero-order valence-electron chi connectivity index (χ0n) is 7.04. The Morgan fingerprint density at radius 3 is 2.36 bits per heavy atom. The highest BCUT2D eigenvalue weighted by Crippen LogP contribution is 2.11. The summed E-state index contributed by atoms with van der Waals surface area (Å²) in [5.74, 6) is -1.40. The molecule has 0 aromatic rings. The number of carbonyl (C=O) groups is 1. The van der Waals surface area contributed by atoms with E-state index in [4.69, 9.17) is 5.11 Å². The van der Waals surface area contributed by atoms with Crippen molar-refractivity contribution in [3.63, 3.8) is 0 Å². The molecule has 0 aliphatic heterocycles. The Kier molecular flexibility index (Phi) is 4.86. The molecule has 0 fully saturated rings. The van der Waals surface area contributed by atoms with Gasteiger partial charge < -0.3 is 15.0 Å². The molecule has 0 aliphatic rings. The highest BCUT2D eigenvalue weighted by molar-refractivity contribution is 5.67. The minimum absolute atomic E-state index is 0.399. The van der Waals surface area contributed by atoms with Gasteiger partial charge in [-0.2, -0.15) is 0 Å². The second-order valence-corrected chi connectivity index (χ2v) is 2.85. The molecule has 0 aromatic heterocycles. The largest absolute Gasteiger partial charge is 0.550 e. The third-order valence-corrected chi connectivity index (χ3v) is 1.76. The molecule has 0 radical (unpaired) electrons. The summed E-state index contributed by atoms with van der Waals surface area (Å²) in [6.45, 7) is 3.46. The summed E-state index contributed by atoms with van der Waals surface area (Å²) in [6, 6.07) is 0. The predicted molar refractivity (Wildman–Crippen MR) is 39.7 cm³/mol. The number of carboxylic acid groups (broad SMARTS) is 1. The summed E-state index contributed by atoms with van der Waals surface area (Å²) < 4.78 is 0. The molecule has 11 heavy (non-hydrogen) atoms. The summed E-state index contributed by atoms with van der Waals surface area (Å²) in [5, 5.41) is 19.2. The molecule has 0 aliphatic carbocycles. The molecule has 0 aromatic carbocycles. The first kappa shape index (κ1) is 10.4. The van der Waals surface area contributed by atoms with Crippen LogP contribution in [0.4, 0.5) is 0 Å². The SMILES string of the molecule is CCC(CCC(C)O)C(=O)[O-]. The van der Waals surface area contributed by atoms with Gasteiger partial charge in [0.05, 0.1) is 6.10 Å². The first-order valence-corrected chi connectivity index (χ1v) is 3.96. The standard InChI is InChI=1S/C8H16O3/c1-3-7(8(10)11)5-4-6(2)9/h6-7,9H,3-5H2,1-2H3,(H,10,11)/p-1. The van der Waals surface area contributed by atoms with E-state index in [1.165, 1.54) is 0 Å². The summed E-state index contributed by atoms with van der Waals surface area (Å²) >= 11 is 0. The zero-order valence-corrected chi connectivity index (χ0v) is 7.04. The van der Waals surface area contributed by atoms with Gasteiger partial charge in [-0.1, -0.05) is 6.92 Å². The molecule has 0 rings (SSSR count). The highest BCUT2D eigenvalue weighted by atomic mass is 16.4. The van der Waals surface area contributed by atoms with Gasteiger partial charge in [0, 0.05) is 5.97 Å². The maximum atomic E-state index is 10.4. The Hall–Kier alpha value is -0.570. The summed E-state index contributed by atoms with van der Waals surface area (Å²) in [6.07, 6.45) is 1.21. The lowest BCUT2D eigenvalue weighted by atomic mass is 9.99. The third kappa shape index (κ3) is 4.79. The van der Waals surface area contributed by atoms with Gasteiger partial charge in [-0.05, 0) is 32.1 Å². The Labute approximate surface area is 67.0 Å². The summed E-state index contributed by atoms with van der Waals surface area (Å²) in [7, 11) is 0. The second-order valence-electron chi connectivity index (χ2n) is 2.85. The molecule has 0 saturated carbocycles. The van der Waals surface area contributed by atoms with E-state index in [0.29, 0.717) is 19.3 Å². The first-order valence-electron chi connectivity index (χ1n) is 3.96. The highest BCUT2D eigenvalue weighted by Gasteiger charge is 2.07. The molecule has 1 N–H and O–H groups in total. The van der Waals surface area contributed by atoms with Crippen LogP contribution in [0.3, 0.4) is 0 Å². The van der Waals surface area contributed by atoms with Crippen molar-refractivity contribution < 1.29 is 15.0 Å². The number of aliphatic hydroxyl groups excluding tert-OH is 1. The van der Waals surface area contributed by atoms with Crippen LogP contribution >= 0.6 is 0 Å². The Morgan fingerprint density at radius 1 is 1.55 bits per heavy atom. The monoisotopic (exact) mass is 159 g/mol. The van der Waals surface area contributed by atoms with E-state index in [1.807, 2.05) is 6.92 Å². The van der Waals surface area contributed by atoms with E-state index in [0.717, 1.165) is 0 Å². The van der Waals surface area contributed by atoms with E-state index < -0.39 is 18.0 Å². The predicted octanol–water partition coefficient (Wildman–Crippen LogP) is -0.0765. The Bertz CT molecular complexity index is 121. The average Bonchev–Trinajstić information content (AvgIpc) is 1.87. The van der Waals surface area contributed by atoms with E-state index in [9.17, 15) is 9.90 Å². The van der Waals surface area contributed by atoms with Crippen LogP contribution in [-0.4, -0.2) is 17.2 Å². The van der Waals surface area contributed by atoms with Crippen molar-refractivity contribution in [3.8, 4) is 0 Å². The molecule has 3 nitrogen and oxygen atoms in total. The molecule has 3 heteroatoms. The van der Waals surface area contributed by atoms with Gasteiger partial charge in [-0.25, -0.2) is 0 Å². The number of carbonyl (C=O) groups excluding carboxylic acids is 1. The van der Waals surface area contributed by atoms with Crippen molar-refractivity contribution in [2.45, 2.75) is 39.2 Å². The van der Waals surface area contributed by atoms with E-state index in [-0.39, 0.29) is 0 Å². The number of hydrogen-bond donors (Lipinski definition) is 1. The van der Waals surface area contributed by atoms with Crippen LogP contribution in [-0.2, 0) is 4.79 Å². The molecule has 2 unspecified atom stereocenters. The minimum Gasteiger partial charge on any atom is -0.550 e. The lowest BCUT2D eigenvalue weighted by molar-refractivity contribution is -0.312. The van der Waals surface area contributed by atoms with Gasteiger partial charge in [-0.3, -0.25) is 0 Å². The van der Waals surface area contributed by atoms with Crippen molar-refractivity contribution >= 4 is 5.97 Å². The smallest absolute Gasteiger partial charge is 0.0512 e. The van der Waals surface area contributed by atoms with Gasteiger partial charge in [0.1, 0.15) is 0 Å². The normalized spacial score (nSPS) is 15.9. The topological polar surface area (TPSA) is 60.4 Å². The van der Waals surface area contributed by atoms with E-state index in [1.54, 1.807) is 6.92 Å². The average molecular weight is 159 g/mol. The summed E-state index contributed by atoms with van der Waals surface area (Å²) in [5.41, 5.74) is 0. The van der Waals surface area contributed by atoms with Crippen LogP contribution in [0.25, 0.3) is 0 Å². The number of aliphatic hydroxyl groups is 1. The Morgan fingerprint density at radius 2 is 2.09 bits per heavy atom. The molecule has 2 atom stereocenters. The maximum Gasteiger partial charge on any atom is 0.0512 e. The molecule has 66 valence electrons. The van der Waals surface area contributed by atoms with Crippen LogP contribution in [0, 0.1) is 5.92 Å². The number of aliphatic carboxylic acids is 1. The van der Waals surface area contributed by atoms with E-state index >= 15 is 0 Å². The van der Waals surface area contributed by atoms with Gasteiger partial charge in [0.15, 0.2) is 0 Å². The summed E-state index contributed by atoms with van der Waals surface area (Å²) in [4.78, 5) is 10.4. The third-order valence-electron chi connectivity index (χ3n) is 1.76. The number of carboxylic acids is 1. The molecule has 0 bridgehead atoms. The van der Waals surface area contributed by atoms with Crippen LogP contribution < -0.4 is 5.11 Å². The van der Waals surface area contributed by atoms with Gasteiger partial charge in [0.2, 0.25) is 0 Å². The number of rotatable bonds is 5. The van der Waals surface area contributed by atoms with Crippen LogP contribution in [0.15, 0.2) is 0 Å². The van der Waals surface area contributed by atoms with Crippen molar-refractivity contribution in [1.29, 1.82) is 0 Å². The molecule has 0 saturated heterocycles. The van der Waals surface area contributed by atoms with Gasteiger partial charge in [0.25, 0.3) is 0 Å². The lowest BCUT2D eigenvalue weighted by Gasteiger charge is -2.16. The molecular weight excluding hydrogens is 144 g/mol. The number of hydrogen-bond acceptors (Lipinski definition) is 3. The first-order chi connectivity index (χ1) is 5.07. The fourth-order valence-corrected chi connectivity index (χ4v) is 0.931.